The number of nitrogens with two attached hydrogens (primary N) is 1. The highest BCUT2D eigenvalue weighted by Gasteiger charge is 2.37. The van der Waals surface area contributed by atoms with Crippen molar-refractivity contribution in [3.63, 3.8) is 0 Å². The minimum Gasteiger partial charge on any atom is -0.349 e. The first-order valence-corrected chi connectivity index (χ1v) is 6.29. The lowest BCUT2D eigenvalue weighted by atomic mass is 9.74. The third-order valence-electron chi connectivity index (χ3n) is 3.82. The quantitative estimate of drug-likeness (QED) is 0.835. The van der Waals surface area contributed by atoms with Crippen molar-refractivity contribution in [2.75, 3.05) is 0 Å². The van der Waals surface area contributed by atoms with Gasteiger partial charge in [0.25, 0.3) is 0 Å². The summed E-state index contributed by atoms with van der Waals surface area (Å²) in [5.74, 6) is -0.0576. The van der Waals surface area contributed by atoms with Gasteiger partial charge in [-0.3, -0.25) is 4.79 Å². The Morgan fingerprint density at radius 1 is 1.41 bits per heavy atom. The van der Waals surface area contributed by atoms with Crippen LogP contribution in [0.3, 0.4) is 0 Å². The molecule has 0 saturated heterocycles. The Morgan fingerprint density at radius 2 is 2.06 bits per heavy atom. The van der Waals surface area contributed by atoms with Crippen LogP contribution >= 0.6 is 0 Å². The second-order valence-electron chi connectivity index (χ2n) is 4.87. The molecule has 1 saturated carbocycles. The maximum absolute atomic E-state index is 12.1. The summed E-state index contributed by atoms with van der Waals surface area (Å²) in [6, 6.07) is 8.96. The van der Waals surface area contributed by atoms with Crippen LogP contribution < -0.4 is 11.1 Å². The summed E-state index contributed by atoms with van der Waals surface area (Å²) in [5.41, 5.74) is 6.86. The molecule has 17 heavy (non-hydrogen) atoms. The molecule has 3 N–H and O–H groups in total. The molecule has 0 aliphatic heterocycles. The Kier molecular flexibility index (Phi) is 3.48. The summed E-state index contributed by atoms with van der Waals surface area (Å²) < 4.78 is 0. The molecule has 1 aromatic carbocycles. The van der Waals surface area contributed by atoms with Gasteiger partial charge >= 0.3 is 0 Å². The molecule has 1 atom stereocenters. The molecule has 3 heteroatoms. The predicted molar refractivity (Wildman–Crippen MR) is 68.4 cm³/mol. The number of hydrogen-bond donors (Lipinski definition) is 2. The predicted octanol–water partition coefficient (Wildman–Crippen LogP) is 2.14. The van der Waals surface area contributed by atoms with Gasteiger partial charge in [0, 0.05) is 5.54 Å². The molecule has 0 spiro atoms. The summed E-state index contributed by atoms with van der Waals surface area (Å²) in [5, 5.41) is 3.11. The molecule has 92 valence electrons. The highest BCUT2D eigenvalue weighted by atomic mass is 16.2. The van der Waals surface area contributed by atoms with Crippen molar-refractivity contribution < 1.29 is 4.79 Å². The largest absolute Gasteiger partial charge is 0.349 e. The number of amides is 1. The van der Waals surface area contributed by atoms with E-state index in [2.05, 4.69) is 12.2 Å². The lowest BCUT2D eigenvalue weighted by Gasteiger charge is -2.42. The van der Waals surface area contributed by atoms with Crippen molar-refractivity contribution >= 4 is 5.91 Å². The zero-order chi connectivity index (χ0) is 12.3. The molecule has 0 aromatic heterocycles. The number of hydrogen-bond acceptors (Lipinski definition) is 2. The standard InChI is InChI=1S/C14H20N2O/c1-2-14(9-6-10-14)16-13(17)12(15)11-7-4-3-5-8-11/h3-5,7-8,12H,2,6,9-10,15H2,1H3,(H,16,17). The van der Waals surface area contributed by atoms with Gasteiger partial charge < -0.3 is 11.1 Å². The molecular weight excluding hydrogens is 212 g/mol. The highest BCUT2D eigenvalue weighted by molar-refractivity contribution is 5.83. The Hall–Kier alpha value is -1.35. The Balaban J connectivity index is 2.01. The van der Waals surface area contributed by atoms with Gasteiger partial charge in [0.1, 0.15) is 6.04 Å². The maximum Gasteiger partial charge on any atom is 0.241 e. The van der Waals surface area contributed by atoms with E-state index in [9.17, 15) is 4.79 Å². The van der Waals surface area contributed by atoms with E-state index in [1.54, 1.807) is 0 Å². The third kappa shape index (κ3) is 2.50. The average Bonchev–Trinajstić information content (AvgIpc) is 2.33. The van der Waals surface area contributed by atoms with Crippen LogP contribution in [0.4, 0.5) is 0 Å². The van der Waals surface area contributed by atoms with Crippen molar-refractivity contribution in [3.05, 3.63) is 35.9 Å². The smallest absolute Gasteiger partial charge is 0.241 e. The number of rotatable bonds is 4. The number of carbonyl (C=O) groups is 1. The molecule has 1 unspecified atom stereocenters. The fourth-order valence-electron chi connectivity index (χ4n) is 2.32. The fraction of sp³-hybridized carbons (Fsp3) is 0.500. The van der Waals surface area contributed by atoms with Gasteiger partial charge in [-0.05, 0) is 31.2 Å². The van der Waals surface area contributed by atoms with Crippen molar-refractivity contribution in [1.29, 1.82) is 0 Å². The second kappa shape index (κ2) is 4.88. The molecule has 0 radical (unpaired) electrons. The lowest BCUT2D eigenvalue weighted by molar-refractivity contribution is -0.125. The molecule has 2 rings (SSSR count). The summed E-state index contributed by atoms with van der Waals surface area (Å²) in [6.07, 6.45) is 4.35. The fourth-order valence-corrected chi connectivity index (χ4v) is 2.32. The number of nitrogens with one attached hydrogen (secondary N) is 1. The van der Waals surface area contributed by atoms with Crippen molar-refractivity contribution in [2.45, 2.75) is 44.2 Å². The molecule has 1 amide bonds. The van der Waals surface area contributed by atoms with Crippen LogP contribution in [-0.4, -0.2) is 11.4 Å². The third-order valence-corrected chi connectivity index (χ3v) is 3.82. The first kappa shape index (κ1) is 12.1. The first-order valence-electron chi connectivity index (χ1n) is 6.29. The molecule has 0 heterocycles. The van der Waals surface area contributed by atoms with Crippen molar-refractivity contribution in [2.24, 2.45) is 5.73 Å². The number of benzene rings is 1. The van der Waals surface area contributed by atoms with E-state index in [0.717, 1.165) is 24.8 Å². The molecular formula is C14H20N2O. The summed E-state index contributed by atoms with van der Waals surface area (Å²) in [7, 11) is 0. The Bertz CT molecular complexity index is 379. The van der Waals surface area contributed by atoms with Crippen molar-refractivity contribution in [1.82, 2.24) is 5.32 Å². The minimum absolute atomic E-state index is 0.0173. The van der Waals surface area contributed by atoms with Crippen LogP contribution in [0.1, 0.15) is 44.2 Å². The molecule has 1 aliphatic rings. The summed E-state index contributed by atoms with van der Waals surface area (Å²) in [4.78, 5) is 12.1. The van der Waals surface area contributed by atoms with Gasteiger partial charge in [-0.15, -0.1) is 0 Å². The van der Waals surface area contributed by atoms with E-state index >= 15 is 0 Å². The Morgan fingerprint density at radius 3 is 2.53 bits per heavy atom. The maximum atomic E-state index is 12.1. The minimum atomic E-state index is -0.555. The monoisotopic (exact) mass is 232 g/mol. The second-order valence-corrected chi connectivity index (χ2v) is 4.87. The van der Waals surface area contributed by atoms with E-state index < -0.39 is 6.04 Å². The van der Waals surface area contributed by atoms with Gasteiger partial charge in [0.2, 0.25) is 5.91 Å². The van der Waals surface area contributed by atoms with Gasteiger partial charge in [0.05, 0.1) is 0 Å². The summed E-state index contributed by atoms with van der Waals surface area (Å²) in [6.45, 7) is 2.12. The van der Waals surface area contributed by atoms with Gasteiger partial charge in [-0.1, -0.05) is 37.3 Å². The topological polar surface area (TPSA) is 55.1 Å². The molecule has 1 aromatic rings. The van der Waals surface area contributed by atoms with Crippen LogP contribution in [-0.2, 0) is 4.79 Å². The van der Waals surface area contributed by atoms with Gasteiger partial charge in [0.15, 0.2) is 0 Å². The Labute approximate surface area is 102 Å². The van der Waals surface area contributed by atoms with Crippen LogP contribution in [0.2, 0.25) is 0 Å². The average molecular weight is 232 g/mol. The molecule has 1 aliphatic carbocycles. The van der Waals surface area contributed by atoms with E-state index in [-0.39, 0.29) is 11.4 Å². The van der Waals surface area contributed by atoms with E-state index in [0.29, 0.717) is 0 Å². The highest BCUT2D eigenvalue weighted by Crippen LogP contribution is 2.34. The number of carbonyl (C=O) groups excluding carboxylic acids is 1. The van der Waals surface area contributed by atoms with Gasteiger partial charge in [-0.25, -0.2) is 0 Å². The SMILES string of the molecule is CCC1(NC(=O)C(N)c2ccccc2)CCC1. The zero-order valence-corrected chi connectivity index (χ0v) is 10.3. The van der Waals surface area contributed by atoms with Crippen LogP contribution in [0.15, 0.2) is 30.3 Å². The van der Waals surface area contributed by atoms with Crippen molar-refractivity contribution in [3.8, 4) is 0 Å². The molecule has 0 bridgehead atoms. The first-order chi connectivity index (χ1) is 8.17. The summed E-state index contributed by atoms with van der Waals surface area (Å²) >= 11 is 0. The van der Waals surface area contributed by atoms with E-state index in [1.165, 1.54) is 6.42 Å². The zero-order valence-electron chi connectivity index (χ0n) is 10.3. The molecule has 1 fully saturated rings. The molecule has 3 nitrogen and oxygen atoms in total. The van der Waals surface area contributed by atoms with E-state index in [1.807, 2.05) is 30.3 Å². The van der Waals surface area contributed by atoms with Crippen LogP contribution in [0, 0.1) is 0 Å². The van der Waals surface area contributed by atoms with Crippen LogP contribution in [0.5, 0.6) is 0 Å². The van der Waals surface area contributed by atoms with Gasteiger partial charge in [-0.2, -0.15) is 0 Å². The van der Waals surface area contributed by atoms with E-state index in [4.69, 9.17) is 5.73 Å². The van der Waals surface area contributed by atoms with Crippen LogP contribution in [0.25, 0.3) is 0 Å². The normalized spacial score (nSPS) is 19.2. The lowest BCUT2D eigenvalue weighted by Crippen LogP contribution is -2.55.